The minimum atomic E-state index is 1.06. The monoisotopic (exact) mass is 725 g/mol. The molecule has 0 aromatic heterocycles. The van der Waals surface area contributed by atoms with Crippen molar-refractivity contribution in [2.45, 2.75) is 12.8 Å². The third-order valence-corrected chi connectivity index (χ3v) is 11.8. The molecule has 1 aliphatic carbocycles. The van der Waals surface area contributed by atoms with Gasteiger partial charge in [0.1, 0.15) is 0 Å². The molecule has 0 aliphatic heterocycles. The second kappa shape index (κ2) is 13.8. The maximum Gasteiger partial charge on any atom is 0.0468 e. The number of fused-ring (bicyclic) bond motifs is 7. The van der Waals surface area contributed by atoms with Crippen LogP contribution in [0.25, 0.3) is 82.5 Å². The summed E-state index contributed by atoms with van der Waals surface area (Å²) >= 11 is 0. The van der Waals surface area contributed by atoms with Crippen molar-refractivity contribution in [2.24, 2.45) is 0 Å². The smallest absolute Gasteiger partial charge is 0.0468 e. The van der Waals surface area contributed by atoms with Gasteiger partial charge in [-0.2, -0.15) is 0 Å². The van der Waals surface area contributed by atoms with Gasteiger partial charge in [0, 0.05) is 17.1 Å². The number of benzene rings is 10. The van der Waals surface area contributed by atoms with E-state index in [1.807, 2.05) is 0 Å². The van der Waals surface area contributed by atoms with E-state index >= 15 is 0 Å². The number of aryl methyl sites for hydroxylation is 1. The molecule has 11 rings (SSSR count). The zero-order valence-electron chi connectivity index (χ0n) is 31.6. The van der Waals surface area contributed by atoms with Gasteiger partial charge in [0.05, 0.1) is 0 Å². The van der Waals surface area contributed by atoms with Crippen LogP contribution in [0.1, 0.15) is 17.5 Å². The Morgan fingerprint density at radius 3 is 1.68 bits per heavy atom. The van der Waals surface area contributed by atoms with Gasteiger partial charge in [0.25, 0.3) is 0 Å². The number of hydrogen-bond donors (Lipinski definition) is 0. The lowest BCUT2D eigenvalue weighted by atomic mass is 9.87. The molecule has 0 saturated heterocycles. The van der Waals surface area contributed by atoms with E-state index in [1.165, 1.54) is 87.6 Å². The Labute approximate surface area is 333 Å². The highest BCUT2D eigenvalue weighted by atomic mass is 15.1. The van der Waals surface area contributed by atoms with E-state index in [1.54, 1.807) is 0 Å². The van der Waals surface area contributed by atoms with Crippen LogP contribution in [0.5, 0.6) is 0 Å². The molecule has 1 nitrogen and oxygen atoms in total. The van der Waals surface area contributed by atoms with Crippen molar-refractivity contribution in [3.05, 3.63) is 217 Å². The van der Waals surface area contributed by atoms with Gasteiger partial charge in [-0.3, -0.25) is 0 Å². The molecule has 0 spiro atoms. The Bertz CT molecular complexity index is 3190. The molecule has 0 amide bonds. The fourth-order valence-electron chi connectivity index (χ4n) is 9.09. The van der Waals surface area contributed by atoms with E-state index in [4.69, 9.17) is 0 Å². The number of anilines is 3. The van der Waals surface area contributed by atoms with Gasteiger partial charge in [0.15, 0.2) is 0 Å². The molecule has 57 heavy (non-hydrogen) atoms. The summed E-state index contributed by atoms with van der Waals surface area (Å²) in [5, 5.41) is 10.1. The average Bonchev–Trinajstić information content (AvgIpc) is 3.29. The van der Waals surface area contributed by atoms with E-state index in [2.05, 4.69) is 217 Å². The summed E-state index contributed by atoms with van der Waals surface area (Å²) in [7, 11) is 0. The van der Waals surface area contributed by atoms with Crippen molar-refractivity contribution in [3.8, 4) is 33.4 Å². The molecule has 10 aromatic rings. The van der Waals surface area contributed by atoms with Crippen molar-refractivity contribution < 1.29 is 0 Å². The van der Waals surface area contributed by atoms with Gasteiger partial charge in [0.2, 0.25) is 0 Å². The first-order valence-corrected chi connectivity index (χ1v) is 20.0. The highest BCUT2D eigenvalue weighted by Gasteiger charge is 2.19. The Kier molecular flexibility index (Phi) is 8.03. The minimum absolute atomic E-state index is 1.06. The summed E-state index contributed by atoms with van der Waals surface area (Å²) in [5.74, 6) is 0. The van der Waals surface area contributed by atoms with E-state index in [0.29, 0.717) is 0 Å². The number of hydrogen-bond acceptors (Lipinski definition) is 1. The van der Waals surface area contributed by atoms with Crippen LogP contribution < -0.4 is 4.90 Å². The van der Waals surface area contributed by atoms with Crippen molar-refractivity contribution in [2.75, 3.05) is 4.90 Å². The van der Waals surface area contributed by atoms with Crippen molar-refractivity contribution in [1.82, 2.24) is 0 Å². The molecule has 1 heteroatoms. The molecular formula is C56H39N. The van der Waals surface area contributed by atoms with Gasteiger partial charge >= 0.3 is 0 Å². The van der Waals surface area contributed by atoms with E-state index in [9.17, 15) is 0 Å². The Morgan fingerprint density at radius 1 is 0.333 bits per heavy atom. The Morgan fingerprint density at radius 2 is 0.912 bits per heavy atom. The first-order valence-electron chi connectivity index (χ1n) is 20.0. The standard InChI is InChI=1S/C56H39N/c1-2-14-38(15-3-1)39-28-29-41-33-48(31-30-40(41)32-39)57(46-20-12-18-42(34-46)55-36-44-16-4-6-22-49(44)51-24-8-10-26-53(51)55)47-21-13-19-43(35-47)56-37-45-17-5-7-23-50(45)52-25-9-11-27-54(52)56/h1-4,6-16,18-37H,5,17H2. The predicted molar refractivity (Wildman–Crippen MR) is 245 cm³/mol. The largest absolute Gasteiger partial charge is 0.310 e. The van der Waals surface area contributed by atoms with Gasteiger partial charge in [-0.15, -0.1) is 0 Å². The van der Waals surface area contributed by atoms with Crippen LogP contribution in [0.3, 0.4) is 0 Å². The molecule has 0 unspecified atom stereocenters. The Balaban J connectivity index is 1.10. The molecular weight excluding hydrogens is 687 g/mol. The maximum atomic E-state index is 2.44. The highest BCUT2D eigenvalue weighted by molar-refractivity contribution is 6.14. The summed E-state index contributed by atoms with van der Waals surface area (Å²) in [6.45, 7) is 0. The van der Waals surface area contributed by atoms with Crippen LogP contribution in [-0.2, 0) is 6.42 Å². The molecule has 1 aliphatic rings. The number of rotatable bonds is 6. The molecule has 0 saturated carbocycles. The predicted octanol–water partition coefficient (Wildman–Crippen LogP) is 15.7. The van der Waals surface area contributed by atoms with Crippen molar-refractivity contribution in [3.63, 3.8) is 0 Å². The lowest BCUT2D eigenvalue weighted by Crippen LogP contribution is -2.10. The molecule has 0 bridgehead atoms. The maximum absolute atomic E-state index is 2.44. The Hall–Kier alpha value is -7.22. The first kappa shape index (κ1) is 33.1. The lowest BCUT2D eigenvalue weighted by Gasteiger charge is -2.27. The SMILES string of the molecule is C1=Cc2c(cc(-c3cccc(N(c4cccc(-c5cc6ccccc6c6ccccc56)c4)c4ccc5cc(-c6ccccc6)ccc5c4)c3)c3ccccc23)CC1. The van der Waals surface area contributed by atoms with Gasteiger partial charge in [-0.1, -0.05) is 158 Å². The van der Waals surface area contributed by atoms with Gasteiger partial charge < -0.3 is 4.90 Å². The highest BCUT2D eigenvalue weighted by Crippen LogP contribution is 2.43. The van der Waals surface area contributed by atoms with Crippen LogP contribution in [0.4, 0.5) is 17.1 Å². The molecule has 268 valence electrons. The average molecular weight is 726 g/mol. The van der Waals surface area contributed by atoms with Crippen molar-refractivity contribution >= 4 is 66.2 Å². The zero-order chi connectivity index (χ0) is 37.7. The summed E-state index contributed by atoms with van der Waals surface area (Å²) in [6, 6.07) is 73.8. The van der Waals surface area contributed by atoms with Crippen LogP contribution in [0, 0.1) is 0 Å². The fourth-order valence-corrected chi connectivity index (χ4v) is 9.09. The third kappa shape index (κ3) is 5.88. The molecule has 10 aromatic carbocycles. The lowest BCUT2D eigenvalue weighted by molar-refractivity contribution is 0.990. The minimum Gasteiger partial charge on any atom is -0.310 e. The quantitative estimate of drug-likeness (QED) is 0.154. The molecule has 0 atom stereocenters. The van der Waals surface area contributed by atoms with E-state index in [-0.39, 0.29) is 0 Å². The number of nitrogens with zero attached hydrogens (tertiary/aromatic N) is 1. The summed E-state index contributed by atoms with van der Waals surface area (Å²) in [5.41, 5.74) is 13.5. The van der Waals surface area contributed by atoms with Crippen LogP contribution in [-0.4, -0.2) is 0 Å². The van der Waals surface area contributed by atoms with Crippen molar-refractivity contribution in [1.29, 1.82) is 0 Å². The summed E-state index contributed by atoms with van der Waals surface area (Å²) in [4.78, 5) is 2.43. The number of allylic oxidation sites excluding steroid dienone is 1. The zero-order valence-corrected chi connectivity index (χ0v) is 31.6. The molecule has 0 N–H and O–H groups in total. The van der Waals surface area contributed by atoms with Crippen LogP contribution in [0.2, 0.25) is 0 Å². The van der Waals surface area contributed by atoms with E-state index in [0.717, 1.165) is 29.9 Å². The molecule has 0 fully saturated rings. The second-order valence-corrected chi connectivity index (χ2v) is 15.2. The van der Waals surface area contributed by atoms with E-state index < -0.39 is 0 Å². The van der Waals surface area contributed by atoms with Crippen LogP contribution in [0.15, 0.2) is 206 Å². The third-order valence-electron chi connectivity index (χ3n) is 11.8. The topological polar surface area (TPSA) is 3.24 Å². The van der Waals surface area contributed by atoms with Crippen LogP contribution >= 0.6 is 0 Å². The second-order valence-electron chi connectivity index (χ2n) is 15.2. The normalized spacial score (nSPS) is 12.4. The summed E-state index contributed by atoms with van der Waals surface area (Å²) < 4.78 is 0. The molecule has 0 heterocycles. The first-order chi connectivity index (χ1) is 28.2. The fraction of sp³-hybridized carbons (Fsp3) is 0.0357. The summed E-state index contributed by atoms with van der Waals surface area (Å²) in [6.07, 6.45) is 6.77. The van der Waals surface area contributed by atoms with Gasteiger partial charge in [-0.25, -0.2) is 0 Å². The molecule has 0 radical (unpaired) electrons. The van der Waals surface area contributed by atoms with Gasteiger partial charge in [-0.05, 0) is 155 Å².